The molecule has 0 amide bonds. The molecule has 28 heavy (non-hydrogen) atoms. The van der Waals surface area contributed by atoms with Gasteiger partial charge in [0.1, 0.15) is 17.5 Å². The molecule has 142 valence electrons. The van der Waals surface area contributed by atoms with Gasteiger partial charge in [-0.2, -0.15) is 0 Å². The van der Waals surface area contributed by atoms with Crippen LogP contribution in [0.1, 0.15) is 18.9 Å². The Balaban J connectivity index is 1.53. The van der Waals surface area contributed by atoms with E-state index in [1.165, 1.54) is 18.2 Å². The van der Waals surface area contributed by atoms with Gasteiger partial charge in [-0.25, -0.2) is 9.18 Å². The van der Waals surface area contributed by atoms with E-state index in [9.17, 15) is 9.18 Å². The van der Waals surface area contributed by atoms with E-state index in [1.807, 2.05) is 49.4 Å². The number of nitrogens with one attached hydrogen (secondary N) is 1. The highest BCUT2D eigenvalue weighted by atomic mass is 35.5. The van der Waals surface area contributed by atoms with Crippen molar-refractivity contribution in [2.45, 2.75) is 25.0 Å². The monoisotopic (exact) mass is 395 g/mol. The van der Waals surface area contributed by atoms with Gasteiger partial charge in [0.05, 0.1) is 10.7 Å². The molecule has 1 heterocycles. The zero-order valence-electron chi connectivity index (χ0n) is 15.3. The SMILES string of the molecule is CC1(c2ccc(-c3ccccc3)cc2)CC(Nc2ccc(F)cc2Cl)C(=O)O1. The summed E-state index contributed by atoms with van der Waals surface area (Å²) in [5.41, 5.74) is 2.93. The first kappa shape index (κ1) is 18.5. The molecule has 0 bridgehead atoms. The van der Waals surface area contributed by atoms with Gasteiger partial charge < -0.3 is 10.1 Å². The lowest BCUT2D eigenvalue weighted by Gasteiger charge is -2.23. The van der Waals surface area contributed by atoms with Crippen molar-refractivity contribution in [2.75, 3.05) is 5.32 Å². The molecule has 4 rings (SSSR count). The van der Waals surface area contributed by atoms with Crippen molar-refractivity contribution in [3.05, 3.63) is 89.2 Å². The fraction of sp³-hybridized carbons (Fsp3) is 0.174. The topological polar surface area (TPSA) is 38.3 Å². The van der Waals surface area contributed by atoms with Crippen molar-refractivity contribution in [3.8, 4) is 11.1 Å². The van der Waals surface area contributed by atoms with E-state index in [-0.39, 0.29) is 11.0 Å². The van der Waals surface area contributed by atoms with Crippen molar-refractivity contribution in [1.82, 2.24) is 0 Å². The van der Waals surface area contributed by atoms with Crippen LogP contribution in [0.5, 0.6) is 0 Å². The normalized spacial score (nSPS) is 21.4. The molecule has 1 N–H and O–H groups in total. The number of carbonyl (C=O) groups excluding carboxylic acids is 1. The first-order chi connectivity index (χ1) is 13.4. The van der Waals surface area contributed by atoms with Gasteiger partial charge in [0.2, 0.25) is 0 Å². The standard InChI is InChI=1S/C23H19ClFNO2/c1-23(17-9-7-16(8-10-17)15-5-3-2-4-6-15)14-21(22(27)28-23)26-20-12-11-18(25)13-19(20)24/h2-13,21,26H,14H2,1H3. The molecule has 0 aliphatic carbocycles. The molecule has 0 saturated carbocycles. The van der Waals surface area contributed by atoms with Crippen LogP contribution in [-0.4, -0.2) is 12.0 Å². The minimum Gasteiger partial charge on any atom is -0.453 e. The van der Waals surface area contributed by atoms with E-state index in [1.54, 1.807) is 0 Å². The lowest BCUT2D eigenvalue weighted by Crippen LogP contribution is -2.25. The van der Waals surface area contributed by atoms with Crippen molar-refractivity contribution < 1.29 is 13.9 Å². The van der Waals surface area contributed by atoms with Crippen LogP contribution < -0.4 is 5.32 Å². The molecule has 2 atom stereocenters. The molecule has 0 radical (unpaired) electrons. The Labute approximate surface area is 168 Å². The van der Waals surface area contributed by atoms with Crippen LogP contribution in [0, 0.1) is 5.82 Å². The second-order valence-corrected chi connectivity index (χ2v) is 7.53. The van der Waals surface area contributed by atoms with Crippen LogP contribution in [0.25, 0.3) is 11.1 Å². The van der Waals surface area contributed by atoms with Crippen molar-refractivity contribution in [1.29, 1.82) is 0 Å². The van der Waals surface area contributed by atoms with Crippen molar-refractivity contribution in [3.63, 3.8) is 0 Å². The molecule has 2 unspecified atom stereocenters. The maximum Gasteiger partial charge on any atom is 0.329 e. The summed E-state index contributed by atoms with van der Waals surface area (Å²) in [5.74, 6) is -0.775. The smallest absolute Gasteiger partial charge is 0.329 e. The molecule has 0 spiro atoms. The highest BCUT2D eigenvalue weighted by Crippen LogP contribution is 2.39. The zero-order chi connectivity index (χ0) is 19.7. The van der Waals surface area contributed by atoms with Gasteiger partial charge in [-0.1, -0.05) is 66.2 Å². The molecule has 1 saturated heterocycles. The second kappa shape index (κ2) is 7.28. The minimum absolute atomic E-state index is 0.230. The summed E-state index contributed by atoms with van der Waals surface area (Å²) in [6, 6.07) is 21.6. The fourth-order valence-corrected chi connectivity index (χ4v) is 3.76. The van der Waals surface area contributed by atoms with Crippen LogP contribution in [-0.2, 0) is 15.1 Å². The molecule has 1 fully saturated rings. The van der Waals surface area contributed by atoms with Gasteiger partial charge in [0.25, 0.3) is 0 Å². The lowest BCUT2D eigenvalue weighted by molar-refractivity contribution is -0.148. The number of benzene rings is 3. The highest BCUT2D eigenvalue weighted by Gasteiger charge is 2.44. The summed E-state index contributed by atoms with van der Waals surface area (Å²) in [6.07, 6.45) is 0.449. The number of hydrogen-bond acceptors (Lipinski definition) is 3. The highest BCUT2D eigenvalue weighted by molar-refractivity contribution is 6.33. The Bertz CT molecular complexity index is 1010. The average molecular weight is 396 g/mol. The van der Waals surface area contributed by atoms with E-state index >= 15 is 0 Å². The predicted octanol–water partition coefficient (Wildman–Crippen LogP) is 5.79. The molecular formula is C23H19ClFNO2. The Morgan fingerprint density at radius 2 is 1.71 bits per heavy atom. The molecule has 3 aromatic carbocycles. The number of esters is 1. The Hall–Kier alpha value is -2.85. The number of carbonyl (C=O) groups is 1. The number of anilines is 1. The Kier molecular flexibility index (Phi) is 4.82. The van der Waals surface area contributed by atoms with Gasteiger partial charge in [-0.05, 0) is 41.8 Å². The maximum absolute atomic E-state index is 13.2. The van der Waals surface area contributed by atoms with Crippen LogP contribution in [0.3, 0.4) is 0 Å². The summed E-state index contributed by atoms with van der Waals surface area (Å²) < 4.78 is 18.9. The number of rotatable bonds is 4. The lowest BCUT2D eigenvalue weighted by atomic mass is 9.90. The Morgan fingerprint density at radius 1 is 1.04 bits per heavy atom. The van der Waals surface area contributed by atoms with E-state index in [2.05, 4.69) is 17.4 Å². The summed E-state index contributed by atoms with van der Waals surface area (Å²) in [7, 11) is 0. The van der Waals surface area contributed by atoms with E-state index in [0.29, 0.717) is 12.1 Å². The molecule has 1 aliphatic heterocycles. The summed E-state index contributed by atoms with van der Waals surface area (Å²) in [5, 5.41) is 3.31. The second-order valence-electron chi connectivity index (χ2n) is 7.12. The minimum atomic E-state index is -0.740. The quantitative estimate of drug-likeness (QED) is 0.568. The maximum atomic E-state index is 13.2. The van der Waals surface area contributed by atoms with Crippen LogP contribution in [0.4, 0.5) is 10.1 Å². The van der Waals surface area contributed by atoms with E-state index in [0.717, 1.165) is 16.7 Å². The van der Waals surface area contributed by atoms with Gasteiger partial charge in [0, 0.05) is 6.42 Å². The number of hydrogen-bond donors (Lipinski definition) is 1. The van der Waals surface area contributed by atoms with E-state index < -0.39 is 17.5 Å². The molecule has 1 aliphatic rings. The number of halogens is 2. The first-order valence-corrected chi connectivity index (χ1v) is 9.43. The van der Waals surface area contributed by atoms with Gasteiger partial charge >= 0.3 is 5.97 Å². The van der Waals surface area contributed by atoms with Crippen molar-refractivity contribution in [2.24, 2.45) is 0 Å². The third-order valence-electron chi connectivity index (χ3n) is 5.07. The van der Waals surface area contributed by atoms with Crippen LogP contribution in [0.2, 0.25) is 5.02 Å². The third-order valence-corrected chi connectivity index (χ3v) is 5.38. The third kappa shape index (κ3) is 3.60. The predicted molar refractivity (Wildman–Crippen MR) is 109 cm³/mol. The van der Waals surface area contributed by atoms with Gasteiger partial charge in [0.15, 0.2) is 0 Å². The number of cyclic esters (lactones) is 1. The van der Waals surface area contributed by atoms with Crippen LogP contribution in [0.15, 0.2) is 72.8 Å². The Morgan fingerprint density at radius 3 is 2.39 bits per heavy atom. The number of ether oxygens (including phenoxy) is 1. The van der Waals surface area contributed by atoms with Gasteiger partial charge in [-0.15, -0.1) is 0 Å². The molecule has 3 aromatic rings. The molecule has 0 aromatic heterocycles. The van der Waals surface area contributed by atoms with Gasteiger partial charge in [-0.3, -0.25) is 0 Å². The molecule has 5 heteroatoms. The van der Waals surface area contributed by atoms with Crippen molar-refractivity contribution >= 4 is 23.3 Å². The zero-order valence-corrected chi connectivity index (χ0v) is 16.0. The molecular weight excluding hydrogens is 377 g/mol. The average Bonchev–Trinajstić information content (AvgIpc) is 2.99. The summed E-state index contributed by atoms with van der Waals surface area (Å²) in [4.78, 5) is 12.4. The molecule has 3 nitrogen and oxygen atoms in total. The fourth-order valence-electron chi connectivity index (χ4n) is 3.53. The van der Waals surface area contributed by atoms with E-state index in [4.69, 9.17) is 16.3 Å². The largest absolute Gasteiger partial charge is 0.453 e. The van der Waals surface area contributed by atoms with Crippen LogP contribution >= 0.6 is 11.6 Å². The first-order valence-electron chi connectivity index (χ1n) is 9.05. The summed E-state index contributed by atoms with van der Waals surface area (Å²) >= 11 is 6.06. The summed E-state index contributed by atoms with van der Waals surface area (Å²) in [6.45, 7) is 1.90.